The molecular weight excluding hydrogens is 290 g/mol. The van der Waals surface area contributed by atoms with Crippen LogP contribution in [-0.4, -0.2) is 48.1 Å². The lowest BCUT2D eigenvalue weighted by molar-refractivity contribution is -0.154. The number of ether oxygens (including phenoxy) is 1. The third-order valence-corrected chi connectivity index (χ3v) is 7.18. The van der Waals surface area contributed by atoms with Gasteiger partial charge >= 0.3 is 0 Å². The maximum Gasteiger partial charge on any atom is 0.134 e. The van der Waals surface area contributed by atoms with Crippen molar-refractivity contribution in [1.82, 2.24) is 4.90 Å². The Bertz CT molecular complexity index is 731. The van der Waals surface area contributed by atoms with Gasteiger partial charge in [0.05, 0.1) is 12.7 Å². The maximum absolute atomic E-state index is 12.4. The Balaban J connectivity index is 1.78. The number of methoxy groups -OCH3 is 1. The van der Waals surface area contributed by atoms with E-state index in [4.69, 9.17) is 4.74 Å². The number of fused-ring (bicyclic) bond motifs is 2. The molecule has 0 aromatic heterocycles. The molecule has 2 bridgehead atoms. The monoisotopic (exact) mass is 313 g/mol. The van der Waals surface area contributed by atoms with Gasteiger partial charge in [-0.15, -0.1) is 0 Å². The second-order valence-corrected chi connectivity index (χ2v) is 8.28. The molecule has 1 saturated heterocycles. The molecule has 4 heteroatoms. The van der Waals surface area contributed by atoms with Gasteiger partial charge in [-0.05, 0) is 49.6 Å². The van der Waals surface area contributed by atoms with E-state index in [0.29, 0.717) is 25.0 Å². The highest BCUT2D eigenvalue weighted by molar-refractivity contribution is 5.83. The molecule has 1 aromatic carbocycles. The van der Waals surface area contributed by atoms with Crippen molar-refractivity contribution in [3.8, 4) is 5.75 Å². The lowest BCUT2D eigenvalue weighted by Gasteiger charge is -2.56. The van der Waals surface area contributed by atoms with Gasteiger partial charge in [-0.1, -0.05) is 6.07 Å². The number of likely N-dealkylation sites (N-methyl/N-ethyl adjacent to an activating group) is 1. The summed E-state index contributed by atoms with van der Waals surface area (Å²) in [5.41, 5.74) is 1.42. The topological polar surface area (TPSA) is 49.8 Å². The molecule has 1 aliphatic heterocycles. The van der Waals surface area contributed by atoms with Crippen LogP contribution < -0.4 is 4.74 Å². The second kappa shape index (κ2) is 3.98. The van der Waals surface area contributed by atoms with Gasteiger partial charge in [-0.3, -0.25) is 9.69 Å². The summed E-state index contributed by atoms with van der Waals surface area (Å²) in [6, 6.07) is 6.42. The Morgan fingerprint density at radius 3 is 2.91 bits per heavy atom. The average Bonchev–Trinajstić information content (AvgIpc) is 2.65. The Hall–Kier alpha value is -1.39. The molecule has 5 rings (SSSR count). The zero-order chi connectivity index (χ0) is 16.0. The van der Waals surface area contributed by atoms with Crippen LogP contribution >= 0.6 is 0 Å². The Labute approximate surface area is 136 Å². The zero-order valence-corrected chi connectivity index (χ0v) is 13.8. The van der Waals surface area contributed by atoms with E-state index in [0.717, 1.165) is 25.1 Å². The minimum Gasteiger partial charge on any atom is -0.497 e. The van der Waals surface area contributed by atoms with Crippen LogP contribution in [0.2, 0.25) is 0 Å². The van der Waals surface area contributed by atoms with Gasteiger partial charge < -0.3 is 9.84 Å². The summed E-state index contributed by atoms with van der Waals surface area (Å²) in [5.74, 6) is 1.12. The first-order valence-electron chi connectivity index (χ1n) is 8.56. The van der Waals surface area contributed by atoms with E-state index in [1.807, 2.05) is 6.07 Å². The molecule has 0 radical (unpaired) electrons. The van der Waals surface area contributed by atoms with Crippen LogP contribution in [0.4, 0.5) is 0 Å². The first-order chi connectivity index (χ1) is 10.9. The van der Waals surface area contributed by atoms with Crippen molar-refractivity contribution in [1.29, 1.82) is 0 Å². The highest BCUT2D eigenvalue weighted by atomic mass is 16.5. The van der Waals surface area contributed by atoms with Gasteiger partial charge in [0.25, 0.3) is 0 Å². The van der Waals surface area contributed by atoms with Crippen molar-refractivity contribution in [2.24, 2.45) is 5.41 Å². The highest BCUT2D eigenvalue weighted by Crippen LogP contribution is 2.70. The standard InChI is InChI=1S/C19H23NO3/c1-20-11-17-8-12-3-4-14(23-2)7-15(12)18(10-17)9-13(21)5-6-19(18,22)16(17)20/h3-4,7,16,22H,5-6,8-11H2,1-2H3/t16-,17?,18?,19-/m1/s1. The molecule has 3 aliphatic carbocycles. The van der Waals surface area contributed by atoms with Crippen LogP contribution in [0.1, 0.15) is 36.8 Å². The molecular formula is C19H23NO3. The molecule has 0 amide bonds. The number of aliphatic hydroxyl groups is 1. The number of Topliss-reactive ketones (excluding diaryl/α,β-unsaturated/α-hetero) is 1. The summed E-state index contributed by atoms with van der Waals surface area (Å²) in [4.78, 5) is 14.7. The second-order valence-electron chi connectivity index (χ2n) is 8.28. The summed E-state index contributed by atoms with van der Waals surface area (Å²) in [5, 5.41) is 11.8. The number of hydrogen-bond donors (Lipinski definition) is 1. The molecule has 4 aliphatic rings. The van der Waals surface area contributed by atoms with E-state index in [1.165, 1.54) is 11.1 Å². The van der Waals surface area contributed by atoms with E-state index in [2.05, 4.69) is 24.1 Å². The Morgan fingerprint density at radius 2 is 2.17 bits per heavy atom. The summed E-state index contributed by atoms with van der Waals surface area (Å²) < 4.78 is 5.43. The number of likely N-dealkylation sites (tertiary alicyclic amines) is 1. The van der Waals surface area contributed by atoms with Crippen molar-refractivity contribution in [3.63, 3.8) is 0 Å². The first kappa shape index (κ1) is 14.0. The zero-order valence-electron chi connectivity index (χ0n) is 13.8. The number of nitrogens with zero attached hydrogens (tertiary/aromatic N) is 1. The quantitative estimate of drug-likeness (QED) is 0.857. The van der Waals surface area contributed by atoms with E-state index < -0.39 is 11.0 Å². The lowest BCUT2D eigenvalue weighted by atomic mass is 9.58. The molecule has 2 spiro atoms. The fraction of sp³-hybridized carbons (Fsp3) is 0.632. The number of carbonyl (C=O) groups excluding carboxylic acids is 1. The van der Waals surface area contributed by atoms with Crippen LogP contribution in [-0.2, 0) is 16.6 Å². The molecule has 1 aromatic rings. The predicted molar refractivity (Wildman–Crippen MR) is 85.7 cm³/mol. The van der Waals surface area contributed by atoms with Crippen molar-refractivity contribution in [2.45, 2.75) is 49.2 Å². The fourth-order valence-corrected chi connectivity index (χ4v) is 6.72. The minimum atomic E-state index is -0.786. The summed E-state index contributed by atoms with van der Waals surface area (Å²) in [6.07, 6.45) is 3.55. The number of rotatable bonds is 1. The van der Waals surface area contributed by atoms with Gasteiger partial charge in [0.15, 0.2) is 0 Å². The summed E-state index contributed by atoms with van der Waals surface area (Å²) in [7, 11) is 3.79. The van der Waals surface area contributed by atoms with E-state index in [-0.39, 0.29) is 11.5 Å². The predicted octanol–water partition coefficient (Wildman–Crippen LogP) is 1.68. The van der Waals surface area contributed by atoms with Gasteiger partial charge in [0, 0.05) is 36.3 Å². The number of benzene rings is 1. The van der Waals surface area contributed by atoms with Crippen LogP contribution in [0, 0.1) is 5.41 Å². The first-order valence-corrected chi connectivity index (χ1v) is 8.56. The van der Waals surface area contributed by atoms with Crippen LogP contribution in [0.15, 0.2) is 18.2 Å². The third-order valence-electron chi connectivity index (χ3n) is 7.18. The number of carbonyl (C=O) groups is 1. The van der Waals surface area contributed by atoms with Crippen LogP contribution in [0.5, 0.6) is 5.75 Å². The molecule has 1 N–H and O–H groups in total. The number of hydrogen-bond acceptors (Lipinski definition) is 4. The highest BCUT2D eigenvalue weighted by Gasteiger charge is 2.77. The largest absolute Gasteiger partial charge is 0.497 e. The molecule has 2 unspecified atom stereocenters. The third kappa shape index (κ3) is 1.39. The van der Waals surface area contributed by atoms with Crippen LogP contribution in [0.3, 0.4) is 0 Å². The van der Waals surface area contributed by atoms with E-state index in [9.17, 15) is 9.90 Å². The molecule has 4 atom stereocenters. The lowest BCUT2D eigenvalue weighted by Crippen LogP contribution is -2.69. The van der Waals surface area contributed by atoms with Gasteiger partial charge in [-0.2, -0.15) is 0 Å². The van der Waals surface area contributed by atoms with Crippen LogP contribution in [0.25, 0.3) is 0 Å². The normalized spacial score (nSPS) is 44.1. The van der Waals surface area contributed by atoms with E-state index in [1.54, 1.807) is 7.11 Å². The van der Waals surface area contributed by atoms with Gasteiger partial charge in [0.2, 0.25) is 0 Å². The molecule has 4 nitrogen and oxygen atoms in total. The average molecular weight is 313 g/mol. The van der Waals surface area contributed by atoms with Gasteiger partial charge in [0.1, 0.15) is 11.5 Å². The Kier molecular flexibility index (Phi) is 2.42. The summed E-state index contributed by atoms with van der Waals surface area (Å²) >= 11 is 0. The molecule has 122 valence electrons. The smallest absolute Gasteiger partial charge is 0.134 e. The SMILES string of the molecule is COc1ccc2c(c1)C13CC(=O)CC[C@@]1(O)[C@@H]1N(C)CC1(C2)C3. The van der Waals surface area contributed by atoms with Crippen molar-refractivity contribution in [3.05, 3.63) is 29.3 Å². The number of ketones is 1. The van der Waals surface area contributed by atoms with Gasteiger partial charge in [-0.25, -0.2) is 0 Å². The van der Waals surface area contributed by atoms with Crippen molar-refractivity contribution < 1.29 is 14.6 Å². The van der Waals surface area contributed by atoms with Crippen molar-refractivity contribution >= 4 is 5.78 Å². The minimum absolute atomic E-state index is 0.149. The summed E-state index contributed by atoms with van der Waals surface area (Å²) in [6.45, 7) is 1.03. The molecule has 3 fully saturated rings. The molecule has 1 heterocycles. The molecule has 2 saturated carbocycles. The Morgan fingerprint density at radius 1 is 1.35 bits per heavy atom. The fourth-order valence-electron chi connectivity index (χ4n) is 6.72. The van der Waals surface area contributed by atoms with E-state index >= 15 is 0 Å². The maximum atomic E-state index is 12.4. The van der Waals surface area contributed by atoms with Crippen molar-refractivity contribution in [2.75, 3.05) is 20.7 Å². The molecule has 23 heavy (non-hydrogen) atoms.